The Balaban J connectivity index is 1.75. The lowest BCUT2D eigenvalue weighted by molar-refractivity contribution is 0.102. The lowest BCUT2D eigenvalue weighted by atomic mass is 10.2. The molecule has 0 unspecified atom stereocenters. The summed E-state index contributed by atoms with van der Waals surface area (Å²) in [5, 5.41) is 2.65. The van der Waals surface area contributed by atoms with Crippen LogP contribution in [-0.4, -0.2) is 42.2 Å². The van der Waals surface area contributed by atoms with E-state index in [0.29, 0.717) is 36.1 Å². The average molecular weight is 316 g/mol. The van der Waals surface area contributed by atoms with Crippen LogP contribution in [0.25, 0.3) is 0 Å². The maximum absolute atomic E-state index is 13.2. The molecule has 0 spiro atoms. The first-order valence-corrected chi connectivity index (χ1v) is 7.37. The van der Waals surface area contributed by atoms with Crippen LogP contribution in [0.3, 0.4) is 0 Å². The van der Waals surface area contributed by atoms with Crippen molar-refractivity contribution in [3.8, 4) is 0 Å². The maximum Gasteiger partial charge on any atom is 0.259 e. The molecule has 7 heteroatoms. The summed E-state index contributed by atoms with van der Waals surface area (Å²) in [5.41, 5.74) is 1.34. The monoisotopic (exact) mass is 316 g/mol. The van der Waals surface area contributed by atoms with Gasteiger partial charge in [-0.25, -0.2) is 14.4 Å². The van der Waals surface area contributed by atoms with Gasteiger partial charge in [0.05, 0.1) is 24.5 Å². The molecule has 0 saturated carbocycles. The van der Waals surface area contributed by atoms with Gasteiger partial charge in [-0.1, -0.05) is 6.07 Å². The molecule has 2 aromatic rings. The third kappa shape index (κ3) is 3.62. The highest BCUT2D eigenvalue weighted by Crippen LogP contribution is 2.15. The summed E-state index contributed by atoms with van der Waals surface area (Å²) in [7, 11) is 0. The van der Waals surface area contributed by atoms with Crippen LogP contribution in [0, 0.1) is 12.7 Å². The number of nitrogens with one attached hydrogen (secondary N) is 1. The quantitative estimate of drug-likeness (QED) is 0.938. The van der Waals surface area contributed by atoms with E-state index in [1.54, 1.807) is 13.0 Å². The van der Waals surface area contributed by atoms with Crippen molar-refractivity contribution in [1.29, 1.82) is 0 Å². The Morgan fingerprint density at radius 3 is 2.83 bits per heavy atom. The molecule has 1 amide bonds. The molecule has 1 aliphatic rings. The van der Waals surface area contributed by atoms with Crippen molar-refractivity contribution in [3.05, 3.63) is 47.5 Å². The Hall–Kier alpha value is -2.54. The number of aromatic nitrogens is 2. The number of anilines is 2. The highest BCUT2D eigenvalue weighted by atomic mass is 19.1. The number of nitrogens with zero attached hydrogens (tertiary/aromatic N) is 3. The molecule has 1 fully saturated rings. The van der Waals surface area contributed by atoms with E-state index in [4.69, 9.17) is 4.74 Å². The number of carbonyl (C=O) groups excluding carboxylic acids is 1. The number of hydrogen-bond donors (Lipinski definition) is 1. The molecule has 6 nitrogen and oxygen atoms in total. The first-order chi connectivity index (χ1) is 11.1. The number of rotatable bonds is 3. The smallest absolute Gasteiger partial charge is 0.259 e. The van der Waals surface area contributed by atoms with Crippen molar-refractivity contribution in [2.45, 2.75) is 6.92 Å². The molecular weight excluding hydrogens is 299 g/mol. The summed E-state index contributed by atoms with van der Waals surface area (Å²) >= 11 is 0. The molecule has 0 radical (unpaired) electrons. The Bertz CT molecular complexity index is 717. The van der Waals surface area contributed by atoms with Crippen molar-refractivity contribution in [2.24, 2.45) is 0 Å². The van der Waals surface area contributed by atoms with Crippen LogP contribution >= 0.6 is 0 Å². The van der Waals surface area contributed by atoms with Crippen molar-refractivity contribution >= 4 is 17.5 Å². The van der Waals surface area contributed by atoms with Gasteiger partial charge in [-0.3, -0.25) is 4.79 Å². The Morgan fingerprint density at radius 2 is 2.13 bits per heavy atom. The van der Waals surface area contributed by atoms with Crippen LogP contribution in [0.1, 0.15) is 16.1 Å². The van der Waals surface area contributed by atoms with E-state index >= 15 is 0 Å². The van der Waals surface area contributed by atoms with E-state index in [1.807, 2.05) is 4.90 Å². The second kappa shape index (κ2) is 6.70. The number of hydrogen-bond acceptors (Lipinski definition) is 5. The van der Waals surface area contributed by atoms with Crippen molar-refractivity contribution in [1.82, 2.24) is 9.97 Å². The maximum atomic E-state index is 13.2. The van der Waals surface area contributed by atoms with Crippen LogP contribution in [0.15, 0.2) is 30.5 Å². The molecule has 1 aliphatic heterocycles. The van der Waals surface area contributed by atoms with E-state index < -0.39 is 5.82 Å². The third-order valence-corrected chi connectivity index (χ3v) is 3.59. The van der Waals surface area contributed by atoms with E-state index in [0.717, 1.165) is 13.1 Å². The second-order valence-corrected chi connectivity index (χ2v) is 5.23. The zero-order chi connectivity index (χ0) is 16.2. The number of benzene rings is 1. The Labute approximate surface area is 133 Å². The SMILES string of the molecule is Cc1nc(N2CCOCC2)ncc1C(=O)Nc1cccc(F)c1. The number of ether oxygens (including phenoxy) is 1. The van der Waals surface area contributed by atoms with Gasteiger partial charge in [-0.05, 0) is 25.1 Å². The lowest BCUT2D eigenvalue weighted by Gasteiger charge is -2.27. The van der Waals surface area contributed by atoms with Gasteiger partial charge < -0.3 is 15.0 Å². The number of carbonyl (C=O) groups is 1. The van der Waals surface area contributed by atoms with Crippen LogP contribution < -0.4 is 10.2 Å². The van der Waals surface area contributed by atoms with Crippen LogP contribution in [0.4, 0.5) is 16.0 Å². The molecule has 0 atom stereocenters. The summed E-state index contributed by atoms with van der Waals surface area (Å²) in [6.45, 7) is 4.50. The summed E-state index contributed by atoms with van der Waals surface area (Å²) in [6, 6.07) is 5.74. The summed E-state index contributed by atoms with van der Waals surface area (Å²) < 4.78 is 18.5. The van der Waals surface area contributed by atoms with E-state index in [-0.39, 0.29) is 5.91 Å². The molecule has 0 aliphatic carbocycles. The largest absolute Gasteiger partial charge is 0.378 e. The molecule has 0 bridgehead atoms. The van der Waals surface area contributed by atoms with Crippen LogP contribution in [-0.2, 0) is 4.74 Å². The lowest BCUT2D eigenvalue weighted by Crippen LogP contribution is -2.37. The Morgan fingerprint density at radius 1 is 1.35 bits per heavy atom. The molecule has 1 aromatic heterocycles. The third-order valence-electron chi connectivity index (χ3n) is 3.59. The molecule has 2 heterocycles. The number of amides is 1. The first-order valence-electron chi connectivity index (χ1n) is 7.37. The number of halogens is 1. The van der Waals surface area contributed by atoms with Gasteiger partial charge in [0.2, 0.25) is 5.95 Å². The predicted molar refractivity (Wildman–Crippen MR) is 84.2 cm³/mol. The fourth-order valence-electron chi connectivity index (χ4n) is 2.36. The number of morpholine rings is 1. The fourth-order valence-corrected chi connectivity index (χ4v) is 2.36. The van der Waals surface area contributed by atoms with Gasteiger partial charge in [0, 0.05) is 25.0 Å². The standard InChI is InChI=1S/C16H17FN4O2/c1-11-14(15(22)20-13-4-2-3-12(17)9-13)10-18-16(19-11)21-5-7-23-8-6-21/h2-4,9-10H,5-8H2,1H3,(H,20,22). The second-order valence-electron chi connectivity index (χ2n) is 5.23. The molecule has 1 aromatic carbocycles. The first kappa shape index (κ1) is 15.4. The normalized spacial score (nSPS) is 14.6. The summed E-state index contributed by atoms with van der Waals surface area (Å²) in [5.74, 6) is -0.173. The van der Waals surface area contributed by atoms with Crippen molar-refractivity contribution in [2.75, 3.05) is 36.5 Å². The number of aryl methyl sites for hydroxylation is 1. The van der Waals surface area contributed by atoms with Gasteiger partial charge in [0.1, 0.15) is 5.82 Å². The zero-order valence-corrected chi connectivity index (χ0v) is 12.8. The Kier molecular flexibility index (Phi) is 4.47. The minimum atomic E-state index is -0.404. The van der Waals surface area contributed by atoms with Crippen LogP contribution in [0.2, 0.25) is 0 Å². The van der Waals surface area contributed by atoms with Gasteiger partial charge in [0.25, 0.3) is 5.91 Å². The van der Waals surface area contributed by atoms with E-state index in [2.05, 4.69) is 15.3 Å². The topological polar surface area (TPSA) is 67.3 Å². The van der Waals surface area contributed by atoms with Gasteiger partial charge in [0.15, 0.2) is 0 Å². The molecule has 3 rings (SSSR count). The van der Waals surface area contributed by atoms with Crippen LogP contribution in [0.5, 0.6) is 0 Å². The molecule has 23 heavy (non-hydrogen) atoms. The summed E-state index contributed by atoms with van der Waals surface area (Å²) in [4.78, 5) is 23.0. The molecule has 120 valence electrons. The van der Waals surface area contributed by atoms with Gasteiger partial charge in [-0.15, -0.1) is 0 Å². The molecular formula is C16H17FN4O2. The van der Waals surface area contributed by atoms with Gasteiger partial charge >= 0.3 is 0 Å². The van der Waals surface area contributed by atoms with Crippen molar-refractivity contribution < 1.29 is 13.9 Å². The zero-order valence-electron chi connectivity index (χ0n) is 12.8. The van der Waals surface area contributed by atoms with Gasteiger partial charge in [-0.2, -0.15) is 0 Å². The minimum absolute atomic E-state index is 0.360. The van der Waals surface area contributed by atoms with E-state index in [1.165, 1.54) is 24.4 Å². The minimum Gasteiger partial charge on any atom is -0.378 e. The highest BCUT2D eigenvalue weighted by molar-refractivity contribution is 6.04. The average Bonchev–Trinajstić information content (AvgIpc) is 2.55. The van der Waals surface area contributed by atoms with Crippen molar-refractivity contribution in [3.63, 3.8) is 0 Å². The fraction of sp³-hybridized carbons (Fsp3) is 0.312. The predicted octanol–water partition coefficient (Wildman–Crippen LogP) is 2.01. The van der Waals surface area contributed by atoms with E-state index in [9.17, 15) is 9.18 Å². The highest BCUT2D eigenvalue weighted by Gasteiger charge is 2.17. The molecule has 1 N–H and O–H groups in total. The molecule has 1 saturated heterocycles. The summed E-state index contributed by atoms with van der Waals surface area (Å²) in [6.07, 6.45) is 1.50.